The number of rotatable bonds is 21. The van der Waals surface area contributed by atoms with E-state index in [2.05, 4.69) is 25.8 Å². The van der Waals surface area contributed by atoms with Crippen LogP contribution in [-0.4, -0.2) is 122 Å². The number of fused-ring (bicyclic) bond motifs is 2. The summed E-state index contributed by atoms with van der Waals surface area (Å²) in [5.74, 6) is -2.45. The summed E-state index contributed by atoms with van der Waals surface area (Å²) in [4.78, 5) is 74.7. The van der Waals surface area contributed by atoms with E-state index in [-0.39, 0.29) is 50.3 Å². The first-order valence-corrected chi connectivity index (χ1v) is 21.0. The number of amides is 4. The van der Waals surface area contributed by atoms with Gasteiger partial charge in [-0.3, -0.25) is 24.1 Å². The summed E-state index contributed by atoms with van der Waals surface area (Å²) in [6.45, 7) is 7.36. The summed E-state index contributed by atoms with van der Waals surface area (Å²) < 4.78 is 22.3. The minimum absolute atomic E-state index is 0.0541. The van der Waals surface area contributed by atoms with Crippen LogP contribution in [0.1, 0.15) is 75.3 Å². The Kier molecular flexibility index (Phi) is 17.4. The zero-order chi connectivity index (χ0) is 43.1. The second kappa shape index (κ2) is 22.6. The fourth-order valence-corrected chi connectivity index (χ4v) is 8.22. The Morgan fingerprint density at radius 1 is 0.867 bits per heavy atom. The number of ether oxygens (including phenoxy) is 4. The highest BCUT2D eigenvalue weighted by Crippen LogP contribution is 2.40. The molecule has 1 aliphatic carbocycles. The molecule has 2 fully saturated rings. The van der Waals surface area contributed by atoms with Crippen molar-refractivity contribution in [2.75, 3.05) is 53.2 Å². The van der Waals surface area contributed by atoms with E-state index in [1.165, 1.54) is 0 Å². The summed E-state index contributed by atoms with van der Waals surface area (Å²) in [6, 6.07) is 17.2. The molecule has 15 nitrogen and oxygen atoms in total. The maximum absolute atomic E-state index is 14.4. The molecule has 6 unspecified atom stereocenters. The van der Waals surface area contributed by atoms with Gasteiger partial charge in [-0.05, 0) is 76.1 Å². The van der Waals surface area contributed by atoms with Gasteiger partial charge in [-0.1, -0.05) is 73.9 Å². The Balaban J connectivity index is 1.44. The first-order chi connectivity index (χ1) is 28.8. The normalized spacial score (nSPS) is 19.6. The minimum Gasteiger partial charge on any atom is -0.457 e. The second-order valence-electron chi connectivity index (χ2n) is 16.8. The first kappa shape index (κ1) is 46.1. The highest BCUT2D eigenvalue weighted by Gasteiger charge is 2.45. The van der Waals surface area contributed by atoms with Crippen LogP contribution in [0.15, 0.2) is 66.7 Å². The summed E-state index contributed by atoms with van der Waals surface area (Å²) in [5.41, 5.74) is 6.62. The van der Waals surface area contributed by atoms with E-state index in [0.717, 1.165) is 43.1 Å². The average molecular weight is 831 g/mol. The number of para-hydroxylation sites is 1. The van der Waals surface area contributed by atoms with Crippen LogP contribution in [0.5, 0.6) is 0 Å². The number of primary amides is 1. The molecular weight excluding hydrogens is 769 g/mol. The van der Waals surface area contributed by atoms with Gasteiger partial charge in [0.2, 0.25) is 17.7 Å². The number of nitrogens with zero attached hydrogens (tertiary/aromatic N) is 2. The van der Waals surface area contributed by atoms with Crippen LogP contribution in [0.25, 0.3) is 10.9 Å². The largest absolute Gasteiger partial charge is 0.457 e. The van der Waals surface area contributed by atoms with Crippen molar-refractivity contribution in [2.45, 2.75) is 95.5 Å². The van der Waals surface area contributed by atoms with Crippen molar-refractivity contribution in [2.24, 2.45) is 17.6 Å². The fourth-order valence-electron chi connectivity index (χ4n) is 8.22. The van der Waals surface area contributed by atoms with E-state index in [1.807, 2.05) is 63.2 Å². The third-order valence-electron chi connectivity index (χ3n) is 11.0. The van der Waals surface area contributed by atoms with Crippen LogP contribution >= 0.6 is 0 Å². The molecule has 2 aliphatic rings. The molecule has 1 aliphatic heterocycles. The van der Waals surface area contributed by atoms with Crippen molar-refractivity contribution in [3.63, 3.8) is 0 Å². The first-order valence-electron chi connectivity index (χ1n) is 21.0. The van der Waals surface area contributed by atoms with Gasteiger partial charge >= 0.3 is 5.97 Å². The molecule has 4 amide bonds. The van der Waals surface area contributed by atoms with E-state index < -0.39 is 59.9 Å². The molecule has 60 heavy (non-hydrogen) atoms. The molecule has 0 spiro atoms. The third kappa shape index (κ3) is 14.1. The monoisotopic (exact) mass is 830 g/mol. The number of hydrogen-bond donors (Lipinski definition) is 4. The van der Waals surface area contributed by atoms with E-state index >= 15 is 0 Å². The highest BCUT2D eigenvalue weighted by molar-refractivity contribution is 5.99. The maximum Gasteiger partial charge on any atom is 0.332 e. The number of nitrogens with one attached hydrogen (secondary N) is 3. The van der Waals surface area contributed by atoms with Crippen LogP contribution in [0, 0.1) is 11.8 Å². The van der Waals surface area contributed by atoms with Gasteiger partial charge < -0.3 is 40.6 Å². The van der Waals surface area contributed by atoms with Crippen LogP contribution in [0.3, 0.4) is 0 Å². The molecule has 1 aromatic heterocycles. The van der Waals surface area contributed by atoms with E-state index in [0.29, 0.717) is 31.2 Å². The second-order valence-corrected chi connectivity index (χ2v) is 16.8. The van der Waals surface area contributed by atoms with Crippen LogP contribution < -0.4 is 21.7 Å². The number of esters is 1. The lowest BCUT2D eigenvalue weighted by molar-refractivity contribution is -0.160. The average Bonchev–Trinajstić information content (AvgIpc) is 3.21. The van der Waals surface area contributed by atoms with E-state index in [4.69, 9.17) is 24.7 Å². The summed E-state index contributed by atoms with van der Waals surface area (Å²) in [7, 11) is 1.58. The van der Waals surface area contributed by atoms with Gasteiger partial charge in [0, 0.05) is 24.6 Å². The number of hydrogen-bond acceptors (Lipinski definition) is 11. The van der Waals surface area contributed by atoms with Gasteiger partial charge in [0.1, 0.15) is 24.4 Å². The maximum atomic E-state index is 14.4. The molecule has 5 N–H and O–H groups in total. The van der Waals surface area contributed by atoms with Crippen LogP contribution in [0.2, 0.25) is 0 Å². The summed E-state index contributed by atoms with van der Waals surface area (Å²) >= 11 is 0. The topological polar surface area (TPSA) is 201 Å². The smallest absolute Gasteiger partial charge is 0.332 e. The Morgan fingerprint density at radius 2 is 1.58 bits per heavy atom. The molecule has 6 atom stereocenters. The lowest BCUT2D eigenvalue weighted by Gasteiger charge is -2.48. The Bertz CT molecular complexity index is 1890. The summed E-state index contributed by atoms with van der Waals surface area (Å²) in [6.07, 6.45) is 3.68. The van der Waals surface area contributed by atoms with E-state index in [9.17, 15) is 24.0 Å². The van der Waals surface area contributed by atoms with Gasteiger partial charge in [0.15, 0.2) is 0 Å². The molecule has 5 rings (SSSR count). The number of carbonyl (C=O) groups is 5. The highest BCUT2D eigenvalue weighted by atomic mass is 16.6. The Hall–Kier alpha value is -4.96. The third-order valence-corrected chi connectivity index (χ3v) is 11.0. The lowest BCUT2D eigenvalue weighted by atomic mass is 9.70. The molecule has 0 bridgehead atoms. The number of likely N-dealkylation sites (tertiary alicyclic amines) is 1. The quantitative estimate of drug-likeness (QED) is 0.0907. The van der Waals surface area contributed by atoms with Crippen molar-refractivity contribution in [1.82, 2.24) is 25.8 Å². The molecule has 2 heterocycles. The number of piperidine rings is 1. The summed E-state index contributed by atoms with van der Waals surface area (Å²) in [5, 5.41) is 9.73. The molecule has 15 heteroatoms. The Labute approximate surface area is 352 Å². The molecule has 3 aromatic rings. The standard InChI is InChI=1S/C45H62N6O9/c1-45(2,3)50-44(56)41-33-16-10-8-14-31(33)20-21-51(41)28-38(60-40(53)29-59-25-24-58-23-22-57-4)36(26-30-12-6-5-7-13-30)48-43(55)37(27-39(46)52)49-42(54)35-19-18-32-15-9-11-17-34(32)47-35/h5-7,9,11-13,15,17-19,31,33,36-38,41H,8,10,14,16,20-29H2,1-4H3,(H2,46,52)(H,48,55)(H,49,54)(H,50,56). The zero-order valence-corrected chi connectivity index (χ0v) is 35.4. The molecule has 0 radical (unpaired) electrons. The minimum atomic E-state index is -1.39. The Morgan fingerprint density at radius 3 is 2.33 bits per heavy atom. The van der Waals surface area contributed by atoms with Crippen molar-refractivity contribution in [3.8, 4) is 0 Å². The predicted octanol–water partition coefficient (Wildman–Crippen LogP) is 3.32. The number of nitrogens with two attached hydrogens (primary N) is 1. The van der Waals surface area contributed by atoms with Gasteiger partial charge in [-0.25, -0.2) is 9.78 Å². The van der Waals surface area contributed by atoms with Gasteiger partial charge in [-0.2, -0.15) is 0 Å². The number of carbonyl (C=O) groups excluding carboxylic acids is 5. The lowest BCUT2D eigenvalue weighted by Crippen LogP contribution is -2.63. The number of aromatic nitrogens is 1. The number of benzene rings is 2. The molecule has 326 valence electrons. The van der Waals surface area contributed by atoms with Crippen molar-refractivity contribution < 1.29 is 42.9 Å². The van der Waals surface area contributed by atoms with Crippen molar-refractivity contribution in [3.05, 3.63) is 78.0 Å². The van der Waals surface area contributed by atoms with Gasteiger partial charge in [0.25, 0.3) is 5.91 Å². The number of pyridine rings is 1. The van der Waals surface area contributed by atoms with Crippen LogP contribution in [-0.2, 0) is 44.5 Å². The predicted molar refractivity (Wildman–Crippen MR) is 226 cm³/mol. The van der Waals surface area contributed by atoms with Crippen LogP contribution in [0.4, 0.5) is 0 Å². The molecule has 2 aromatic carbocycles. The van der Waals surface area contributed by atoms with E-state index in [1.54, 1.807) is 31.4 Å². The molecule has 1 saturated carbocycles. The zero-order valence-electron chi connectivity index (χ0n) is 35.4. The fraction of sp³-hybridized carbons (Fsp3) is 0.556. The number of methoxy groups -OCH3 is 1. The molecule has 1 saturated heterocycles. The van der Waals surface area contributed by atoms with Gasteiger partial charge in [0.05, 0.1) is 50.4 Å². The molecular formula is C45H62N6O9. The van der Waals surface area contributed by atoms with Crippen molar-refractivity contribution in [1.29, 1.82) is 0 Å². The van der Waals surface area contributed by atoms with Gasteiger partial charge in [-0.15, -0.1) is 0 Å². The SMILES string of the molecule is COCCOCCOCC(=O)OC(CN1CCC2CCCCC2C1C(=O)NC(C)(C)C)C(Cc1ccccc1)NC(=O)C(CC(N)=O)NC(=O)c1ccc2ccccc2n1. The van der Waals surface area contributed by atoms with Crippen molar-refractivity contribution >= 4 is 40.5 Å².